The number of carboxylic acids is 1. The number of benzene rings is 1. The van der Waals surface area contributed by atoms with Crippen LogP contribution in [0, 0.1) is 17.5 Å². The molecule has 1 aromatic carbocycles. The molecule has 0 aliphatic carbocycles. The monoisotopic (exact) mass is 442 g/mol. The minimum atomic E-state index is -1.64. The molecule has 4 N–H and O–H groups in total. The first-order valence-corrected chi connectivity index (χ1v) is 8.95. The van der Waals surface area contributed by atoms with Crippen LogP contribution in [0.1, 0.15) is 10.4 Å². The summed E-state index contributed by atoms with van der Waals surface area (Å²) < 4.78 is 44.0. The second kappa shape index (κ2) is 7.61. The van der Waals surface area contributed by atoms with Crippen molar-refractivity contribution in [3.05, 3.63) is 94.0 Å². The third kappa shape index (κ3) is 3.45. The van der Waals surface area contributed by atoms with Gasteiger partial charge in [-0.15, -0.1) is 0 Å². The van der Waals surface area contributed by atoms with Crippen LogP contribution in [0.3, 0.4) is 0 Å². The van der Waals surface area contributed by atoms with Gasteiger partial charge in [0.05, 0.1) is 22.8 Å². The summed E-state index contributed by atoms with van der Waals surface area (Å²) in [6, 6.07) is 2.38. The maximum Gasteiger partial charge on any atom is 0.341 e. The number of aromatic carboxylic acids is 1. The number of hydrogen-bond acceptors (Lipinski definition) is 6. The number of nitrogen functional groups attached to an aromatic ring is 1. The van der Waals surface area contributed by atoms with Crippen molar-refractivity contribution in [3.8, 4) is 5.82 Å². The number of pyridine rings is 2. The Bertz CT molecular complexity index is 1440. The molecular weight excluding hydrogens is 429 g/mol. The highest BCUT2D eigenvalue weighted by molar-refractivity contribution is 5.94. The molecule has 0 saturated heterocycles. The summed E-state index contributed by atoms with van der Waals surface area (Å²) in [7, 11) is 0. The topological polar surface area (TPSA) is 122 Å². The average molecular weight is 442 g/mol. The Hall–Kier alpha value is -4.54. The Labute approximate surface area is 177 Å². The lowest BCUT2D eigenvalue weighted by atomic mass is 10.1. The molecule has 0 spiro atoms. The number of carboxylic acid groups (broad SMARTS) is 1. The van der Waals surface area contributed by atoms with Gasteiger partial charge in [0.25, 0.3) is 0 Å². The molecule has 162 valence electrons. The van der Waals surface area contributed by atoms with Crippen LogP contribution in [-0.4, -0.2) is 25.7 Å². The second-order valence-electron chi connectivity index (χ2n) is 6.69. The minimum absolute atomic E-state index is 0.132. The molecular formula is C21H13F3N4O4. The number of aromatic nitrogens is 2. The van der Waals surface area contributed by atoms with E-state index < -0.39 is 46.0 Å². The molecule has 0 saturated carbocycles. The average Bonchev–Trinajstić information content (AvgIpc) is 2.95. The van der Waals surface area contributed by atoms with Crippen molar-refractivity contribution >= 4 is 28.4 Å². The number of halogens is 3. The summed E-state index contributed by atoms with van der Waals surface area (Å²) >= 11 is 0. The van der Waals surface area contributed by atoms with Crippen LogP contribution in [0.4, 0.5) is 24.7 Å². The first kappa shape index (κ1) is 20.7. The number of nitrogens with zero attached hydrogens (tertiary/aromatic N) is 3. The Morgan fingerprint density at radius 1 is 1.06 bits per heavy atom. The lowest BCUT2D eigenvalue weighted by molar-refractivity contribution is 0.0695. The largest absolute Gasteiger partial charge is 0.506 e. The number of rotatable bonds is 3. The number of allylic oxidation sites excluding steroid dienone is 3. The molecule has 11 heteroatoms. The van der Waals surface area contributed by atoms with Crippen LogP contribution in [0.15, 0.2) is 65.6 Å². The standard InChI is InChI=1S/C21H13F3N4O4/c22-13-5-11-16(7-17(13)27-4-2-1-3-10(29)8-27)28(9-12(18(11)30)21(31)32)20-15(24)6-14(23)19(25)26-20/h1-9,29H,(H2,25,26)(H,31,32). The van der Waals surface area contributed by atoms with Crippen molar-refractivity contribution < 1.29 is 28.2 Å². The zero-order chi connectivity index (χ0) is 23.2. The number of anilines is 2. The molecule has 1 aliphatic rings. The van der Waals surface area contributed by atoms with Crippen LogP contribution in [0.2, 0.25) is 0 Å². The third-order valence-electron chi connectivity index (χ3n) is 4.64. The van der Waals surface area contributed by atoms with Crippen molar-refractivity contribution in [1.82, 2.24) is 9.55 Å². The van der Waals surface area contributed by atoms with Gasteiger partial charge in [-0.1, -0.05) is 6.08 Å². The molecule has 3 aromatic rings. The Balaban J connectivity index is 2.10. The van der Waals surface area contributed by atoms with E-state index in [2.05, 4.69) is 4.98 Å². The third-order valence-corrected chi connectivity index (χ3v) is 4.64. The van der Waals surface area contributed by atoms with Gasteiger partial charge in [-0.2, -0.15) is 0 Å². The summed E-state index contributed by atoms with van der Waals surface area (Å²) in [6.07, 6.45) is 7.75. The van der Waals surface area contributed by atoms with Crippen molar-refractivity contribution in [2.24, 2.45) is 0 Å². The smallest absolute Gasteiger partial charge is 0.341 e. The van der Waals surface area contributed by atoms with Gasteiger partial charge in [0.15, 0.2) is 23.3 Å². The van der Waals surface area contributed by atoms with E-state index in [0.717, 1.165) is 22.9 Å². The predicted octanol–water partition coefficient (Wildman–Crippen LogP) is 3.37. The first-order chi connectivity index (χ1) is 15.2. The van der Waals surface area contributed by atoms with Gasteiger partial charge >= 0.3 is 5.97 Å². The number of carbonyl (C=O) groups is 1. The zero-order valence-electron chi connectivity index (χ0n) is 16.0. The normalized spacial score (nSPS) is 13.3. The summed E-state index contributed by atoms with van der Waals surface area (Å²) in [5.41, 5.74) is 3.35. The van der Waals surface area contributed by atoms with Crippen LogP contribution < -0.4 is 16.1 Å². The maximum atomic E-state index is 14.9. The molecule has 2 aromatic heterocycles. The van der Waals surface area contributed by atoms with Crippen LogP contribution in [0.25, 0.3) is 16.7 Å². The van der Waals surface area contributed by atoms with E-state index in [9.17, 15) is 33.0 Å². The van der Waals surface area contributed by atoms with Gasteiger partial charge in [-0.25, -0.2) is 22.9 Å². The SMILES string of the molecule is Nc1nc(-n2cc(C(=O)O)c(=O)c3cc(F)c(N4C=CC=CC(O)=C4)cc32)c(F)cc1F. The molecule has 1 aliphatic heterocycles. The van der Waals surface area contributed by atoms with Crippen LogP contribution in [-0.2, 0) is 0 Å². The quantitative estimate of drug-likeness (QED) is 0.569. The van der Waals surface area contributed by atoms with E-state index in [4.69, 9.17) is 5.73 Å². The molecule has 0 radical (unpaired) electrons. The molecule has 0 amide bonds. The van der Waals surface area contributed by atoms with Crippen LogP contribution >= 0.6 is 0 Å². The number of hydrogen-bond donors (Lipinski definition) is 3. The van der Waals surface area contributed by atoms with Gasteiger partial charge in [0.1, 0.15) is 17.1 Å². The summed E-state index contributed by atoms with van der Waals surface area (Å²) in [5, 5.41) is 18.8. The fourth-order valence-corrected chi connectivity index (χ4v) is 3.17. The van der Waals surface area contributed by atoms with Gasteiger partial charge in [-0.3, -0.25) is 9.36 Å². The highest BCUT2D eigenvalue weighted by atomic mass is 19.1. The number of nitrogens with two attached hydrogens (primary N) is 1. The van der Waals surface area contributed by atoms with Gasteiger partial charge < -0.3 is 20.8 Å². The maximum absolute atomic E-state index is 14.9. The lowest BCUT2D eigenvalue weighted by Crippen LogP contribution is -2.20. The molecule has 0 unspecified atom stereocenters. The molecule has 3 heterocycles. The van der Waals surface area contributed by atoms with E-state index >= 15 is 0 Å². The Morgan fingerprint density at radius 3 is 2.53 bits per heavy atom. The van der Waals surface area contributed by atoms with E-state index in [1.165, 1.54) is 35.5 Å². The highest BCUT2D eigenvalue weighted by Crippen LogP contribution is 2.29. The molecule has 8 nitrogen and oxygen atoms in total. The fraction of sp³-hybridized carbons (Fsp3) is 0. The zero-order valence-corrected chi connectivity index (χ0v) is 16.0. The molecule has 0 atom stereocenters. The van der Waals surface area contributed by atoms with E-state index in [1.54, 1.807) is 0 Å². The minimum Gasteiger partial charge on any atom is -0.506 e. The van der Waals surface area contributed by atoms with E-state index in [1.807, 2.05) is 0 Å². The van der Waals surface area contributed by atoms with Gasteiger partial charge in [0.2, 0.25) is 5.43 Å². The molecule has 32 heavy (non-hydrogen) atoms. The van der Waals surface area contributed by atoms with Gasteiger partial charge in [0, 0.05) is 18.5 Å². The van der Waals surface area contributed by atoms with E-state index in [-0.39, 0.29) is 22.3 Å². The number of fused-ring (bicyclic) bond motifs is 1. The van der Waals surface area contributed by atoms with Crippen molar-refractivity contribution in [1.29, 1.82) is 0 Å². The summed E-state index contributed by atoms with van der Waals surface area (Å²) in [6.45, 7) is 0. The van der Waals surface area contributed by atoms with Crippen molar-refractivity contribution in [2.45, 2.75) is 0 Å². The Morgan fingerprint density at radius 2 is 1.81 bits per heavy atom. The molecule has 4 rings (SSSR count). The summed E-state index contributed by atoms with van der Waals surface area (Å²) in [4.78, 5) is 29.0. The molecule has 0 fully saturated rings. The van der Waals surface area contributed by atoms with Gasteiger partial charge in [-0.05, 0) is 24.3 Å². The molecule has 0 bridgehead atoms. The fourth-order valence-electron chi connectivity index (χ4n) is 3.17. The predicted molar refractivity (Wildman–Crippen MR) is 110 cm³/mol. The van der Waals surface area contributed by atoms with Crippen molar-refractivity contribution in [2.75, 3.05) is 10.6 Å². The number of aliphatic hydroxyl groups is 1. The van der Waals surface area contributed by atoms with Crippen molar-refractivity contribution in [3.63, 3.8) is 0 Å². The second-order valence-corrected chi connectivity index (χ2v) is 6.69. The van der Waals surface area contributed by atoms with E-state index in [0.29, 0.717) is 6.07 Å². The highest BCUT2D eigenvalue weighted by Gasteiger charge is 2.22. The Kier molecular flexibility index (Phi) is 4.93. The van der Waals surface area contributed by atoms with Crippen LogP contribution in [0.5, 0.6) is 0 Å². The first-order valence-electron chi connectivity index (χ1n) is 8.95. The summed E-state index contributed by atoms with van der Waals surface area (Å²) in [5.74, 6) is -6.36. The number of aliphatic hydroxyl groups excluding tert-OH is 1. The lowest BCUT2D eigenvalue weighted by Gasteiger charge is -2.19.